The van der Waals surface area contributed by atoms with Crippen LogP contribution in [0.15, 0.2) is 0 Å². The molecule has 0 amide bonds. The van der Waals surface area contributed by atoms with Crippen LogP contribution in [0.5, 0.6) is 5.75 Å². The Morgan fingerprint density at radius 2 is 1.82 bits per heavy atom. The Balaban J connectivity index is 2.46. The zero-order chi connectivity index (χ0) is 12.6. The maximum Gasteiger partial charge on any atom is 0.125 e. The summed E-state index contributed by atoms with van der Waals surface area (Å²) in [5.41, 5.74) is 4.77. The molecule has 0 spiro atoms. The van der Waals surface area contributed by atoms with Crippen LogP contribution in [0.2, 0.25) is 5.02 Å². The zero-order valence-electron chi connectivity index (χ0n) is 11.0. The third kappa shape index (κ3) is 2.16. The van der Waals surface area contributed by atoms with Gasteiger partial charge in [-0.2, -0.15) is 0 Å². The van der Waals surface area contributed by atoms with Gasteiger partial charge in [-0.3, -0.25) is 0 Å². The second kappa shape index (κ2) is 4.87. The quantitative estimate of drug-likeness (QED) is 0.894. The summed E-state index contributed by atoms with van der Waals surface area (Å²) >= 11 is 6.39. The summed E-state index contributed by atoms with van der Waals surface area (Å²) in [5.74, 6) is 1.75. The number of rotatable bonds is 3. The van der Waals surface area contributed by atoms with Gasteiger partial charge in [0.1, 0.15) is 5.75 Å². The molecule has 0 aromatic heterocycles. The van der Waals surface area contributed by atoms with Gasteiger partial charge < -0.3 is 10.1 Å². The van der Waals surface area contributed by atoms with Crippen molar-refractivity contribution < 1.29 is 4.74 Å². The van der Waals surface area contributed by atoms with E-state index in [1.807, 2.05) is 0 Å². The summed E-state index contributed by atoms with van der Waals surface area (Å²) in [6, 6.07) is 0. The van der Waals surface area contributed by atoms with E-state index in [0.717, 1.165) is 41.8 Å². The summed E-state index contributed by atoms with van der Waals surface area (Å²) in [7, 11) is 1.75. The van der Waals surface area contributed by atoms with Crippen molar-refractivity contribution in [1.82, 2.24) is 5.32 Å². The molecule has 1 saturated heterocycles. The third-order valence-electron chi connectivity index (χ3n) is 3.85. The van der Waals surface area contributed by atoms with E-state index in [1.165, 1.54) is 16.7 Å². The second-order valence-corrected chi connectivity index (χ2v) is 5.31. The Kier molecular flexibility index (Phi) is 3.64. The molecule has 1 aromatic carbocycles. The molecule has 1 heterocycles. The largest absolute Gasteiger partial charge is 0.496 e. The topological polar surface area (TPSA) is 21.3 Å². The van der Waals surface area contributed by atoms with Gasteiger partial charge in [-0.15, -0.1) is 0 Å². The smallest absolute Gasteiger partial charge is 0.125 e. The van der Waals surface area contributed by atoms with Crippen LogP contribution in [0, 0.1) is 26.7 Å². The van der Waals surface area contributed by atoms with Gasteiger partial charge in [0.05, 0.1) is 7.11 Å². The summed E-state index contributed by atoms with van der Waals surface area (Å²) in [6.07, 6.45) is 1.06. The summed E-state index contributed by atoms with van der Waals surface area (Å²) in [4.78, 5) is 0. The van der Waals surface area contributed by atoms with Gasteiger partial charge in [0.25, 0.3) is 0 Å². The fraction of sp³-hybridized carbons (Fsp3) is 0.571. The molecule has 3 heteroatoms. The van der Waals surface area contributed by atoms with Gasteiger partial charge >= 0.3 is 0 Å². The van der Waals surface area contributed by atoms with Gasteiger partial charge in [-0.05, 0) is 68.5 Å². The van der Waals surface area contributed by atoms with Crippen molar-refractivity contribution in [3.05, 3.63) is 27.3 Å². The van der Waals surface area contributed by atoms with Crippen molar-refractivity contribution in [2.45, 2.75) is 27.2 Å². The van der Waals surface area contributed by atoms with Crippen LogP contribution in [0.25, 0.3) is 0 Å². The SMILES string of the molecule is COc1c(C)c(C)c(Cl)c(C)c1CC1CNC1. The summed E-state index contributed by atoms with van der Waals surface area (Å²) in [6.45, 7) is 8.45. The first-order valence-electron chi connectivity index (χ1n) is 6.09. The van der Waals surface area contributed by atoms with Gasteiger partial charge in [-0.25, -0.2) is 0 Å². The maximum absolute atomic E-state index is 6.39. The van der Waals surface area contributed by atoms with Crippen molar-refractivity contribution in [3.8, 4) is 5.75 Å². The van der Waals surface area contributed by atoms with Crippen molar-refractivity contribution in [2.75, 3.05) is 20.2 Å². The average Bonchev–Trinajstić information content (AvgIpc) is 2.27. The Morgan fingerprint density at radius 3 is 2.29 bits per heavy atom. The molecular formula is C14H20ClNO. The lowest BCUT2D eigenvalue weighted by atomic mass is 9.89. The zero-order valence-corrected chi connectivity index (χ0v) is 11.7. The molecule has 0 unspecified atom stereocenters. The molecule has 1 aromatic rings. The standard InChI is InChI=1S/C14H20ClNO/c1-8-9(2)14(17-4)12(10(3)13(8)15)5-11-6-16-7-11/h11,16H,5-7H2,1-4H3. The molecular weight excluding hydrogens is 234 g/mol. The van der Waals surface area contributed by atoms with E-state index in [9.17, 15) is 0 Å². The van der Waals surface area contributed by atoms with Gasteiger partial charge in [0.2, 0.25) is 0 Å². The number of nitrogens with one attached hydrogen (secondary N) is 1. The number of halogens is 1. The van der Waals surface area contributed by atoms with E-state index in [0.29, 0.717) is 0 Å². The minimum Gasteiger partial charge on any atom is -0.496 e. The fourth-order valence-corrected chi connectivity index (χ4v) is 2.70. The Hall–Kier alpha value is -0.730. The van der Waals surface area contributed by atoms with Crippen LogP contribution in [-0.4, -0.2) is 20.2 Å². The number of hydrogen-bond donors (Lipinski definition) is 1. The van der Waals surface area contributed by atoms with E-state index >= 15 is 0 Å². The normalized spacial score (nSPS) is 15.8. The van der Waals surface area contributed by atoms with Crippen molar-refractivity contribution in [3.63, 3.8) is 0 Å². The van der Waals surface area contributed by atoms with Crippen LogP contribution < -0.4 is 10.1 Å². The number of ether oxygens (including phenoxy) is 1. The first-order valence-corrected chi connectivity index (χ1v) is 6.46. The molecule has 17 heavy (non-hydrogen) atoms. The third-order valence-corrected chi connectivity index (χ3v) is 4.42. The number of benzene rings is 1. The molecule has 0 bridgehead atoms. The van der Waals surface area contributed by atoms with E-state index in [4.69, 9.17) is 16.3 Å². The molecule has 1 aliphatic rings. The minimum atomic E-state index is 0.723. The van der Waals surface area contributed by atoms with E-state index in [1.54, 1.807) is 7.11 Å². The van der Waals surface area contributed by atoms with E-state index in [-0.39, 0.29) is 0 Å². The van der Waals surface area contributed by atoms with Crippen LogP contribution in [0.4, 0.5) is 0 Å². The highest BCUT2D eigenvalue weighted by atomic mass is 35.5. The van der Waals surface area contributed by atoms with Gasteiger partial charge in [-0.1, -0.05) is 11.6 Å². The predicted octanol–water partition coefficient (Wildman–Crippen LogP) is 3.04. The first-order chi connectivity index (χ1) is 8.06. The molecule has 1 aliphatic heterocycles. The lowest BCUT2D eigenvalue weighted by molar-refractivity contribution is 0.337. The van der Waals surface area contributed by atoms with Gasteiger partial charge in [0, 0.05) is 5.02 Å². The lowest BCUT2D eigenvalue weighted by Gasteiger charge is -2.29. The predicted molar refractivity (Wildman–Crippen MR) is 72.3 cm³/mol. The highest BCUT2D eigenvalue weighted by Crippen LogP contribution is 2.37. The van der Waals surface area contributed by atoms with E-state index < -0.39 is 0 Å². The monoisotopic (exact) mass is 253 g/mol. The Morgan fingerprint density at radius 1 is 1.18 bits per heavy atom. The highest BCUT2D eigenvalue weighted by molar-refractivity contribution is 6.32. The second-order valence-electron chi connectivity index (χ2n) is 4.93. The molecule has 94 valence electrons. The van der Waals surface area contributed by atoms with Crippen LogP contribution >= 0.6 is 11.6 Å². The Labute approximate surface area is 108 Å². The summed E-state index contributed by atoms with van der Waals surface area (Å²) < 4.78 is 5.58. The molecule has 2 rings (SSSR count). The van der Waals surface area contributed by atoms with Crippen LogP contribution in [0.1, 0.15) is 22.3 Å². The summed E-state index contributed by atoms with van der Waals surface area (Å²) in [5, 5.41) is 4.20. The molecule has 0 saturated carbocycles. The molecule has 0 radical (unpaired) electrons. The van der Waals surface area contributed by atoms with Crippen LogP contribution in [0.3, 0.4) is 0 Å². The fourth-order valence-electron chi connectivity index (χ4n) is 2.45. The Bertz CT molecular complexity index is 439. The first kappa shape index (κ1) is 12.7. The molecule has 1 N–H and O–H groups in total. The average molecular weight is 254 g/mol. The minimum absolute atomic E-state index is 0.723. The van der Waals surface area contributed by atoms with E-state index in [2.05, 4.69) is 26.1 Å². The number of methoxy groups -OCH3 is 1. The molecule has 1 fully saturated rings. The molecule has 0 atom stereocenters. The van der Waals surface area contributed by atoms with Crippen molar-refractivity contribution in [2.24, 2.45) is 5.92 Å². The van der Waals surface area contributed by atoms with Crippen molar-refractivity contribution in [1.29, 1.82) is 0 Å². The van der Waals surface area contributed by atoms with Gasteiger partial charge in [0.15, 0.2) is 0 Å². The maximum atomic E-state index is 6.39. The number of hydrogen-bond acceptors (Lipinski definition) is 2. The molecule has 2 nitrogen and oxygen atoms in total. The van der Waals surface area contributed by atoms with Crippen LogP contribution in [-0.2, 0) is 6.42 Å². The lowest BCUT2D eigenvalue weighted by Crippen LogP contribution is -2.43. The highest BCUT2D eigenvalue weighted by Gasteiger charge is 2.23. The molecule has 0 aliphatic carbocycles. The van der Waals surface area contributed by atoms with Crippen molar-refractivity contribution >= 4 is 11.6 Å².